The van der Waals surface area contributed by atoms with Gasteiger partial charge in [0.05, 0.1) is 11.6 Å². The Balaban J connectivity index is 2.28. The Kier molecular flexibility index (Phi) is 4.78. The predicted molar refractivity (Wildman–Crippen MR) is 84.0 cm³/mol. The normalized spacial score (nSPS) is 19.6. The average molecular weight is 389 g/mol. The maximum Gasteiger partial charge on any atom is 0.237 e. The summed E-state index contributed by atoms with van der Waals surface area (Å²) >= 11 is 2.02. The van der Waals surface area contributed by atoms with Gasteiger partial charge >= 0.3 is 0 Å². The molecule has 108 valence electrons. The largest absolute Gasteiger partial charge is 0.309 e. The summed E-state index contributed by atoms with van der Waals surface area (Å²) in [7, 11) is 0. The Bertz CT molecular complexity index is 545. The molecule has 20 heavy (non-hydrogen) atoms. The second-order valence-corrected chi connectivity index (χ2v) is 6.58. The zero-order valence-electron chi connectivity index (χ0n) is 11.5. The van der Waals surface area contributed by atoms with Crippen LogP contribution in [0.15, 0.2) is 18.2 Å². The molecule has 0 aromatic heterocycles. The highest BCUT2D eigenvalue weighted by atomic mass is 127. The minimum absolute atomic E-state index is 0.0504. The van der Waals surface area contributed by atoms with Crippen LogP contribution in [-0.2, 0) is 9.59 Å². The van der Waals surface area contributed by atoms with Crippen LogP contribution < -0.4 is 4.90 Å². The highest BCUT2D eigenvalue weighted by Gasteiger charge is 2.36. The lowest BCUT2D eigenvalue weighted by atomic mass is 9.87. The van der Waals surface area contributed by atoms with Crippen LogP contribution in [0.2, 0.25) is 0 Å². The number of halogens is 2. The zero-order valence-corrected chi connectivity index (χ0v) is 13.7. The van der Waals surface area contributed by atoms with Crippen molar-refractivity contribution in [1.82, 2.24) is 0 Å². The number of carbonyl (C=O) groups excluding carboxylic acids is 2. The fraction of sp³-hybridized carbons (Fsp3) is 0.467. The van der Waals surface area contributed by atoms with Gasteiger partial charge in [0, 0.05) is 16.0 Å². The molecule has 1 atom stereocenters. The van der Waals surface area contributed by atoms with Crippen molar-refractivity contribution < 1.29 is 14.0 Å². The summed E-state index contributed by atoms with van der Waals surface area (Å²) in [6, 6.07) is 4.77. The van der Waals surface area contributed by atoms with Gasteiger partial charge in [0.2, 0.25) is 5.91 Å². The first kappa shape index (κ1) is 15.4. The molecule has 3 nitrogen and oxygen atoms in total. The smallest absolute Gasteiger partial charge is 0.237 e. The summed E-state index contributed by atoms with van der Waals surface area (Å²) < 4.78 is 14.8. The highest BCUT2D eigenvalue weighted by Crippen LogP contribution is 2.29. The second-order valence-electron chi connectivity index (χ2n) is 5.34. The standard InChI is InChI=1S/C15H17FINO2/c1-9(2)14(19)11-4-3-7-18(15(11)20)13-6-5-10(17)8-12(13)16/h5-6,8-9,11H,3-4,7H2,1-2H3/t11-/m0/s1. The van der Waals surface area contributed by atoms with Gasteiger partial charge in [-0.3, -0.25) is 9.59 Å². The van der Waals surface area contributed by atoms with Gasteiger partial charge in [0.15, 0.2) is 0 Å². The summed E-state index contributed by atoms with van der Waals surface area (Å²) in [4.78, 5) is 25.9. The third kappa shape index (κ3) is 3.02. The Morgan fingerprint density at radius 2 is 2.15 bits per heavy atom. The number of anilines is 1. The van der Waals surface area contributed by atoms with E-state index in [2.05, 4.69) is 0 Å². The first-order chi connectivity index (χ1) is 9.41. The van der Waals surface area contributed by atoms with Crippen molar-refractivity contribution in [2.45, 2.75) is 26.7 Å². The van der Waals surface area contributed by atoms with E-state index in [4.69, 9.17) is 0 Å². The van der Waals surface area contributed by atoms with Crippen LogP contribution in [0.3, 0.4) is 0 Å². The van der Waals surface area contributed by atoms with Crippen LogP contribution in [0.1, 0.15) is 26.7 Å². The van der Waals surface area contributed by atoms with Gasteiger partial charge in [-0.1, -0.05) is 13.8 Å². The number of hydrogen-bond acceptors (Lipinski definition) is 2. The number of amides is 1. The number of piperidine rings is 1. The average Bonchev–Trinajstić information content (AvgIpc) is 2.39. The molecule has 0 N–H and O–H groups in total. The van der Waals surface area contributed by atoms with E-state index in [0.717, 1.165) is 9.99 Å². The molecule has 0 radical (unpaired) electrons. The number of rotatable bonds is 3. The Morgan fingerprint density at radius 1 is 1.45 bits per heavy atom. The highest BCUT2D eigenvalue weighted by molar-refractivity contribution is 14.1. The Hall–Kier alpha value is -0.980. The number of Topliss-reactive ketones (excluding diaryl/α,β-unsaturated/α-hetero) is 1. The summed E-state index contributed by atoms with van der Waals surface area (Å²) in [6.45, 7) is 4.05. The molecule has 1 amide bonds. The van der Waals surface area contributed by atoms with Crippen LogP contribution in [0, 0.1) is 21.2 Å². The summed E-state index contributed by atoms with van der Waals surface area (Å²) in [5.41, 5.74) is 0.275. The first-order valence-corrected chi connectivity index (χ1v) is 7.80. The number of carbonyl (C=O) groups is 2. The van der Waals surface area contributed by atoms with E-state index in [1.165, 1.54) is 11.0 Å². The molecule has 1 aromatic carbocycles. The second kappa shape index (κ2) is 6.20. The van der Waals surface area contributed by atoms with Gasteiger partial charge in [-0.15, -0.1) is 0 Å². The maximum atomic E-state index is 14.0. The van der Waals surface area contributed by atoms with Gasteiger partial charge in [0.25, 0.3) is 0 Å². The number of hydrogen-bond donors (Lipinski definition) is 0. The monoisotopic (exact) mass is 389 g/mol. The van der Waals surface area contributed by atoms with E-state index < -0.39 is 11.7 Å². The van der Waals surface area contributed by atoms with Gasteiger partial charge in [-0.2, -0.15) is 0 Å². The third-order valence-electron chi connectivity index (χ3n) is 3.55. The van der Waals surface area contributed by atoms with Gasteiger partial charge in [-0.25, -0.2) is 4.39 Å². The lowest BCUT2D eigenvalue weighted by Gasteiger charge is -2.32. The Labute approximate surface area is 131 Å². The molecule has 1 saturated heterocycles. The third-order valence-corrected chi connectivity index (χ3v) is 4.22. The van der Waals surface area contributed by atoms with Crippen molar-refractivity contribution in [1.29, 1.82) is 0 Å². The zero-order chi connectivity index (χ0) is 14.9. The molecule has 2 rings (SSSR count). The molecule has 1 aliphatic heterocycles. The topological polar surface area (TPSA) is 37.4 Å². The molecule has 1 aliphatic rings. The lowest BCUT2D eigenvalue weighted by molar-refractivity contribution is -0.135. The van der Waals surface area contributed by atoms with Crippen LogP contribution in [0.4, 0.5) is 10.1 Å². The quantitative estimate of drug-likeness (QED) is 0.587. The van der Waals surface area contributed by atoms with Crippen molar-refractivity contribution in [3.63, 3.8) is 0 Å². The number of benzene rings is 1. The lowest BCUT2D eigenvalue weighted by Crippen LogP contribution is -2.45. The molecule has 1 fully saturated rings. The molecule has 0 aliphatic carbocycles. The minimum Gasteiger partial charge on any atom is -0.309 e. The summed E-state index contributed by atoms with van der Waals surface area (Å²) in [6.07, 6.45) is 1.29. The molecular formula is C15H17FINO2. The van der Waals surface area contributed by atoms with E-state index in [0.29, 0.717) is 13.0 Å². The first-order valence-electron chi connectivity index (χ1n) is 6.72. The minimum atomic E-state index is -0.623. The van der Waals surface area contributed by atoms with Crippen LogP contribution in [0.5, 0.6) is 0 Å². The van der Waals surface area contributed by atoms with Crippen LogP contribution >= 0.6 is 22.6 Å². The van der Waals surface area contributed by atoms with Gasteiger partial charge < -0.3 is 4.90 Å². The van der Waals surface area contributed by atoms with Crippen molar-refractivity contribution >= 4 is 40.0 Å². The van der Waals surface area contributed by atoms with Gasteiger partial charge in [-0.05, 0) is 53.6 Å². The van der Waals surface area contributed by atoms with Gasteiger partial charge in [0.1, 0.15) is 11.6 Å². The number of nitrogens with zero attached hydrogens (tertiary/aromatic N) is 1. The molecule has 0 bridgehead atoms. The van der Waals surface area contributed by atoms with Crippen molar-refractivity contribution in [2.75, 3.05) is 11.4 Å². The predicted octanol–water partition coefficient (Wildman–Crippen LogP) is 3.40. The molecule has 1 aromatic rings. The molecule has 0 unspecified atom stereocenters. The fourth-order valence-electron chi connectivity index (χ4n) is 2.48. The molecule has 5 heteroatoms. The molecular weight excluding hydrogens is 372 g/mol. The van der Waals surface area contributed by atoms with Crippen molar-refractivity contribution in [3.05, 3.63) is 27.6 Å². The van der Waals surface area contributed by atoms with Crippen LogP contribution in [0.25, 0.3) is 0 Å². The maximum absolute atomic E-state index is 14.0. The molecule has 1 heterocycles. The molecule has 0 spiro atoms. The Morgan fingerprint density at radius 3 is 2.75 bits per heavy atom. The van der Waals surface area contributed by atoms with E-state index in [-0.39, 0.29) is 23.3 Å². The van der Waals surface area contributed by atoms with E-state index in [1.807, 2.05) is 22.6 Å². The van der Waals surface area contributed by atoms with E-state index in [1.54, 1.807) is 26.0 Å². The number of ketones is 1. The van der Waals surface area contributed by atoms with Crippen molar-refractivity contribution in [2.24, 2.45) is 11.8 Å². The fourth-order valence-corrected chi connectivity index (χ4v) is 2.93. The van der Waals surface area contributed by atoms with Crippen molar-refractivity contribution in [3.8, 4) is 0 Å². The summed E-state index contributed by atoms with van der Waals surface area (Å²) in [5.74, 6) is -1.53. The van der Waals surface area contributed by atoms with Crippen LogP contribution in [-0.4, -0.2) is 18.2 Å². The van der Waals surface area contributed by atoms with E-state index >= 15 is 0 Å². The summed E-state index contributed by atoms with van der Waals surface area (Å²) in [5, 5.41) is 0. The molecule has 0 saturated carbocycles. The SMILES string of the molecule is CC(C)C(=O)[C@@H]1CCCN(c2ccc(I)cc2F)C1=O. The van der Waals surface area contributed by atoms with E-state index in [9.17, 15) is 14.0 Å².